The fourth-order valence-corrected chi connectivity index (χ4v) is 4.06. The van der Waals surface area contributed by atoms with Gasteiger partial charge in [0.2, 0.25) is 15.9 Å². The smallest absolute Gasteiger partial charge is 0.338 e. The Kier molecular flexibility index (Phi) is 6.49. The number of nitrogens with zero attached hydrogens (tertiary/aromatic N) is 1. The molecule has 7 nitrogen and oxygen atoms in total. The lowest BCUT2D eigenvalue weighted by molar-refractivity contribution is -0.116. The lowest BCUT2D eigenvalue weighted by atomic mass is 10.1. The second-order valence-electron chi connectivity index (χ2n) is 6.62. The molecule has 0 saturated heterocycles. The second-order valence-corrected chi connectivity index (χ2v) is 8.66. The summed E-state index contributed by atoms with van der Waals surface area (Å²) in [5, 5.41) is 4.36. The first-order valence-corrected chi connectivity index (χ1v) is 10.8. The first-order valence-electron chi connectivity index (χ1n) is 9.33. The highest BCUT2D eigenvalue weighted by molar-refractivity contribution is 7.89. The average Bonchev–Trinajstić information content (AvgIpc) is 2.74. The summed E-state index contributed by atoms with van der Waals surface area (Å²) in [6.45, 7) is 1.64. The van der Waals surface area contributed by atoms with E-state index in [1.54, 1.807) is 31.2 Å². The van der Waals surface area contributed by atoms with Crippen LogP contribution in [0.4, 0.5) is 5.69 Å². The highest BCUT2D eigenvalue weighted by atomic mass is 32.2. The molecule has 0 saturated carbocycles. The number of amides is 1. The molecule has 156 valence electrons. The van der Waals surface area contributed by atoms with E-state index >= 15 is 0 Å². The summed E-state index contributed by atoms with van der Waals surface area (Å²) in [7, 11) is -2.48. The van der Waals surface area contributed by atoms with Crippen molar-refractivity contribution in [1.82, 2.24) is 4.31 Å². The number of esters is 1. The van der Waals surface area contributed by atoms with E-state index in [1.807, 2.05) is 24.3 Å². The summed E-state index contributed by atoms with van der Waals surface area (Å²) in [5.74, 6) is -0.942. The molecule has 3 aromatic rings. The van der Waals surface area contributed by atoms with E-state index in [4.69, 9.17) is 4.74 Å². The van der Waals surface area contributed by atoms with E-state index in [1.165, 1.54) is 25.2 Å². The van der Waals surface area contributed by atoms with E-state index in [0.29, 0.717) is 11.3 Å². The van der Waals surface area contributed by atoms with Crippen molar-refractivity contribution in [2.75, 3.05) is 25.5 Å². The number of sulfonamides is 1. The maximum atomic E-state index is 12.8. The first-order chi connectivity index (χ1) is 14.3. The van der Waals surface area contributed by atoms with Crippen molar-refractivity contribution in [3.63, 3.8) is 0 Å². The van der Waals surface area contributed by atoms with Gasteiger partial charge in [-0.25, -0.2) is 13.2 Å². The molecule has 0 fully saturated rings. The Balaban J connectivity index is 1.67. The molecule has 3 aromatic carbocycles. The van der Waals surface area contributed by atoms with Gasteiger partial charge in [0.25, 0.3) is 0 Å². The van der Waals surface area contributed by atoms with Crippen LogP contribution in [0.5, 0.6) is 0 Å². The van der Waals surface area contributed by atoms with E-state index in [-0.39, 0.29) is 18.0 Å². The van der Waals surface area contributed by atoms with E-state index < -0.39 is 21.9 Å². The van der Waals surface area contributed by atoms with Crippen LogP contribution in [-0.4, -0.2) is 44.8 Å². The molecule has 0 bridgehead atoms. The third kappa shape index (κ3) is 4.84. The number of carbonyl (C=O) groups excluding carboxylic acids is 2. The topological polar surface area (TPSA) is 92.8 Å². The minimum absolute atomic E-state index is 0.121. The van der Waals surface area contributed by atoms with E-state index in [0.717, 1.165) is 15.1 Å². The summed E-state index contributed by atoms with van der Waals surface area (Å²) >= 11 is 0. The Morgan fingerprint density at radius 2 is 1.63 bits per heavy atom. The molecule has 0 aromatic heterocycles. The van der Waals surface area contributed by atoms with Crippen molar-refractivity contribution in [2.24, 2.45) is 0 Å². The molecule has 0 aliphatic carbocycles. The van der Waals surface area contributed by atoms with E-state index in [2.05, 4.69) is 5.32 Å². The third-order valence-electron chi connectivity index (χ3n) is 4.48. The van der Waals surface area contributed by atoms with Crippen LogP contribution in [0.15, 0.2) is 71.6 Å². The quantitative estimate of drug-likeness (QED) is 0.586. The highest BCUT2D eigenvalue weighted by Gasteiger charge is 2.23. The number of carbonyl (C=O) groups is 2. The summed E-state index contributed by atoms with van der Waals surface area (Å²) in [6, 6.07) is 18.5. The number of fused-ring (bicyclic) bond motifs is 1. The Morgan fingerprint density at radius 1 is 0.967 bits per heavy atom. The normalized spacial score (nSPS) is 11.4. The van der Waals surface area contributed by atoms with Gasteiger partial charge < -0.3 is 10.1 Å². The van der Waals surface area contributed by atoms with Crippen LogP contribution in [0.25, 0.3) is 10.8 Å². The standard InChI is InChI=1S/C22H22N2O5S/c1-3-29-22(26)17-8-11-19(12-9-17)23-21(25)15-24(2)30(27,28)20-13-10-16-6-4-5-7-18(16)14-20/h4-14H,3,15H2,1-2H3,(H,23,25). The maximum Gasteiger partial charge on any atom is 0.338 e. The van der Waals surface area contributed by atoms with Gasteiger partial charge in [-0.15, -0.1) is 0 Å². The molecule has 0 radical (unpaired) electrons. The Morgan fingerprint density at radius 3 is 2.30 bits per heavy atom. The Bertz CT molecular complexity index is 1170. The molecule has 0 atom stereocenters. The monoisotopic (exact) mass is 426 g/mol. The lowest BCUT2D eigenvalue weighted by Gasteiger charge is -2.17. The van der Waals surface area contributed by atoms with Gasteiger partial charge in [-0.1, -0.05) is 30.3 Å². The first kappa shape index (κ1) is 21.5. The van der Waals surface area contributed by atoms with Gasteiger partial charge in [0, 0.05) is 12.7 Å². The van der Waals surface area contributed by atoms with Crippen LogP contribution in [0.1, 0.15) is 17.3 Å². The van der Waals surface area contributed by atoms with Crippen molar-refractivity contribution in [3.8, 4) is 0 Å². The number of nitrogens with one attached hydrogen (secondary N) is 1. The number of ether oxygens (including phenoxy) is 1. The van der Waals surface area contributed by atoms with Crippen molar-refractivity contribution in [2.45, 2.75) is 11.8 Å². The molecule has 0 aliphatic rings. The van der Waals surface area contributed by atoms with Crippen LogP contribution in [-0.2, 0) is 19.6 Å². The zero-order valence-electron chi connectivity index (χ0n) is 16.7. The fourth-order valence-electron chi connectivity index (χ4n) is 2.90. The van der Waals surface area contributed by atoms with Gasteiger partial charge in [-0.2, -0.15) is 4.31 Å². The number of hydrogen-bond donors (Lipinski definition) is 1. The number of benzene rings is 3. The summed E-state index contributed by atoms with van der Waals surface area (Å²) in [5.41, 5.74) is 0.815. The summed E-state index contributed by atoms with van der Waals surface area (Å²) < 4.78 is 31.6. The Labute approximate surface area is 175 Å². The predicted octanol–water partition coefficient (Wildman–Crippen LogP) is 3.28. The molecule has 0 heterocycles. The van der Waals surface area contributed by atoms with Gasteiger partial charge in [-0.05, 0) is 54.1 Å². The zero-order valence-corrected chi connectivity index (χ0v) is 17.5. The number of hydrogen-bond acceptors (Lipinski definition) is 5. The molecule has 1 amide bonds. The molecule has 1 N–H and O–H groups in total. The third-order valence-corrected chi connectivity index (χ3v) is 6.27. The minimum Gasteiger partial charge on any atom is -0.462 e. The number of rotatable bonds is 7. The predicted molar refractivity (Wildman–Crippen MR) is 115 cm³/mol. The van der Waals surface area contributed by atoms with Crippen molar-refractivity contribution >= 4 is 38.4 Å². The summed E-state index contributed by atoms with van der Waals surface area (Å²) in [6.07, 6.45) is 0. The van der Waals surface area contributed by atoms with Gasteiger partial charge >= 0.3 is 5.97 Å². The lowest BCUT2D eigenvalue weighted by Crippen LogP contribution is -2.34. The Hall–Kier alpha value is -3.23. The summed E-state index contributed by atoms with van der Waals surface area (Å²) in [4.78, 5) is 24.1. The maximum absolute atomic E-state index is 12.8. The number of likely N-dealkylation sites (N-methyl/N-ethyl adjacent to an activating group) is 1. The van der Waals surface area contributed by atoms with E-state index in [9.17, 15) is 18.0 Å². The van der Waals surface area contributed by atoms with Gasteiger partial charge in [-0.3, -0.25) is 4.79 Å². The van der Waals surface area contributed by atoms with Gasteiger partial charge in [0.1, 0.15) is 0 Å². The largest absolute Gasteiger partial charge is 0.462 e. The zero-order chi connectivity index (χ0) is 21.7. The molecule has 30 heavy (non-hydrogen) atoms. The second kappa shape index (κ2) is 9.06. The SMILES string of the molecule is CCOC(=O)c1ccc(NC(=O)CN(C)S(=O)(=O)c2ccc3ccccc3c2)cc1. The molecule has 0 aliphatic heterocycles. The molecular formula is C22H22N2O5S. The average molecular weight is 426 g/mol. The van der Waals surface area contributed by atoms with Crippen LogP contribution in [0.3, 0.4) is 0 Å². The van der Waals surface area contributed by atoms with Crippen molar-refractivity contribution < 1.29 is 22.7 Å². The van der Waals surface area contributed by atoms with Crippen molar-refractivity contribution in [3.05, 3.63) is 72.3 Å². The number of anilines is 1. The fraction of sp³-hybridized carbons (Fsp3) is 0.182. The molecule has 0 unspecified atom stereocenters. The molecule has 3 rings (SSSR count). The van der Waals surface area contributed by atoms with Crippen molar-refractivity contribution in [1.29, 1.82) is 0 Å². The van der Waals surface area contributed by atoms with Crippen LogP contribution < -0.4 is 5.32 Å². The van der Waals surface area contributed by atoms with Gasteiger partial charge in [0.05, 0.1) is 23.6 Å². The van der Waals surface area contributed by atoms with Crippen LogP contribution in [0.2, 0.25) is 0 Å². The van der Waals surface area contributed by atoms with Gasteiger partial charge in [0.15, 0.2) is 0 Å². The molecule has 8 heteroatoms. The highest BCUT2D eigenvalue weighted by Crippen LogP contribution is 2.21. The van der Waals surface area contributed by atoms with Crippen LogP contribution >= 0.6 is 0 Å². The van der Waals surface area contributed by atoms with Crippen LogP contribution in [0, 0.1) is 0 Å². The minimum atomic E-state index is -3.83. The molecule has 0 spiro atoms. The molecular weight excluding hydrogens is 404 g/mol.